The van der Waals surface area contributed by atoms with Gasteiger partial charge in [0.05, 0.1) is 16.2 Å². The molecular formula is C18H14N2O6S. The van der Waals surface area contributed by atoms with Gasteiger partial charge in [0, 0.05) is 12.1 Å². The van der Waals surface area contributed by atoms with Crippen LogP contribution in [0, 0.1) is 17.0 Å². The summed E-state index contributed by atoms with van der Waals surface area (Å²) in [5.41, 5.74) is 1.27. The van der Waals surface area contributed by atoms with Gasteiger partial charge in [-0.25, -0.2) is 4.79 Å². The molecule has 1 N–H and O–H groups in total. The van der Waals surface area contributed by atoms with E-state index in [-0.39, 0.29) is 18.1 Å². The van der Waals surface area contributed by atoms with Crippen LogP contribution in [0.5, 0.6) is 0 Å². The van der Waals surface area contributed by atoms with Crippen LogP contribution in [0.3, 0.4) is 0 Å². The van der Waals surface area contributed by atoms with Crippen molar-refractivity contribution in [2.24, 2.45) is 0 Å². The van der Waals surface area contributed by atoms with Crippen molar-refractivity contribution in [3.8, 4) is 0 Å². The maximum Gasteiger partial charge on any atom is 0.348 e. The largest absolute Gasteiger partial charge is 0.459 e. The summed E-state index contributed by atoms with van der Waals surface area (Å²) >= 11 is 1.10. The molecule has 0 aliphatic rings. The fourth-order valence-corrected chi connectivity index (χ4v) is 3.22. The van der Waals surface area contributed by atoms with E-state index in [1.807, 2.05) is 0 Å². The van der Waals surface area contributed by atoms with Gasteiger partial charge in [0.15, 0.2) is 5.76 Å². The van der Waals surface area contributed by atoms with Crippen molar-refractivity contribution >= 4 is 33.9 Å². The Balaban J connectivity index is 1.62. The Labute approximate surface area is 157 Å². The van der Waals surface area contributed by atoms with Crippen LogP contribution in [0.1, 0.15) is 31.4 Å². The van der Waals surface area contributed by atoms with Gasteiger partial charge in [-0.15, -0.1) is 11.3 Å². The topological polar surface area (TPSA) is 112 Å². The summed E-state index contributed by atoms with van der Waals surface area (Å²) in [6.07, 6.45) is 1.40. The highest BCUT2D eigenvalue weighted by Gasteiger charge is 2.18. The molecule has 0 saturated heterocycles. The number of nitrogens with one attached hydrogen (secondary N) is 1. The van der Waals surface area contributed by atoms with E-state index in [4.69, 9.17) is 9.15 Å². The Morgan fingerprint density at radius 3 is 2.63 bits per heavy atom. The number of non-ortho nitro benzene ring substituents is 1. The summed E-state index contributed by atoms with van der Waals surface area (Å²) in [5, 5.41) is 13.8. The number of nitro benzene ring substituents is 1. The molecule has 3 rings (SSSR count). The molecule has 9 heteroatoms. The van der Waals surface area contributed by atoms with Crippen LogP contribution in [0.2, 0.25) is 0 Å². The Morgan fingerprint density at radius 1 is 1.26 bits per heavy atom. The van der Waals surface area contributed by atoms with Crippen molar-refractivity contribution in [1.82, 2.24) is 0 Å². The fourth-order valence-electron chi connectivity index (χ4n) is 2.26. The average Bonchev–Trinajstić information content (AvgIpc) is 3.30. The highest BCUT2D eigenvalue weighted by Crippen LogP contribution is 2.28. The van der Waals surface area contributed by atoms with Crippen molar-refractivity contribution in [3.63, 3.8) is 0 Å². The van der Waals surface area contributed by atoms with E-state index in [9.17, 15) is 19.7 Å². The summed E-state index contributed by atoms with van der Waals surface area (Å²) in [5.74, 6) is -0.773. The number of nitro groups is 1. The molecule has 2 aromatic heterocycles. The lowest BCUT2D eigenvalue weighted by Crippen LogP contribution is -2.09. The molecule has 0 unspecified atom stereocenters. The molecule has 0 fully saturated rings. The van der Waals surface area contributed by atoms with Gasteiger partial charge < -0.3 is 14.5 Å². The number of benzene rings is 1. The van der Waals surface area contributed by atoms with Gasteiger partial charge in [-0.05, 0) is 48.4 Å². The number of anilines is 1. The van der Waals surface area contributed by atoms with E-state index >= 15 is 0 Å². The molecule has 0 atom stereocenters. The van der Waals surface area contributed by atoms with Crippen LogP contribution in [0.25, 0.3) is 0 Å². The third-order valence-electron chi connectivity index (χ3n) is 3.60. The van der Waals surface area contributed by atoms with Crippen LogP contribution in [0.15, 0.2) is 53.1 Å². The third kappa shape index (κ3) is 4.39. The Morgan fingerprint density at radius 2 is 2.00 bits per heavy atom. The molecule has 2 heterocycles. The molecule has 138 valence electrons. The molecule has 0 spiro atoms. The number of rotatable bonds is 6. The number of amides is 1. The summed E-state index contributed by atoms with van der Waals surface area (Å²) in [6.45, 7) is 1.73. The summed E-state index contributed by atoms with van der Waals surface area (Å²) in [7, 11) is 0. The maximum atomic E-state index is 12.3. The van der Waals surface area contributed by atoms with Gasteiger partial charge in [0.1, 0.15) is 11.5 Å². The number of carbonyl (C=O) groups excluding carboxylic acids is 2. The minimum absolute atomic E-state index is 0.0117. The van der Waals surface area contributed by atoms with Crippen LogP contribution >= 0.6 is 11.3 Å². The first-order valence-electron chi connectivity index (χ1n) is 7.80. The number of hydrogen-bond donors (Lipinski definition) is 1. The fraction of sp³-hybridized carbons (Fsp3) is 0.111. The van der Waals surface area contributed by atoms with Gasteiger partial charge in [-0.2, -0.15) is 0 Å². The van der Waals surface area contributed by atoms with Crippen molar-refractivity contribution in [2.45, 2.75) is 13.5 Å². The highest BCUT2D eigenvalue weighted by molar-refractivity contribution is 7.18. The minimum atomic E-state index is -0.533. The number of nitrogens with zero attached hydrogens (tertiary/aromatic N) is 1. The number of hydrogen-bond acceptors (Lipinski definition) is 7. The lowest BCUT2D eigenvalue weighted by atomic mass is 10.2. The zero-order valence-corrected chi connectivity index (χ0v) is 14.9. The molecule has 0 radical (unpaired) electrons. The molecule has 27 heavy (non-hydrogen) atoms. The first-order valence-corrected chi connectivity index (χ1v) is 8.61. The van der Waals surface area contributed by atoms with Crippen molar-refractivity contribution < 1.29 is 23.7 Å². The lowest BCUT2D eigenvalue weighted by molar-refractivity contribution is -0.384. The standard InChI is InChI=1S/C18H14N2O6S/c1-11-9-15(19-17(21)14-3-2-8-25-14)27-16(11)18(22)26-10-12-4-6-13(7-5-12)20(23)24/h2-9H,10H2,1H3,(H,19,21). The second-order valence-corrected chi connectivity index (χ2v) is 6.61. The zero-order valence-electron chi connectivity index (χ0n) is 14.1. The maximum absolute atomic E-state index is 12.3. The molecule has 0 aliphatic heterocycles. The molecule has 0 saturated carbocycles. The number of furan rings is 1. The van der Waals surface area contributed by atoms with Gasteiger partial charge in [-0.1, -0.05) is 0 Å². The van der Waals surface area contributed by atoms with E-state index < -0.39 is 16.8 Å². The Kier molecular flexibility index (Phi) is 5.32. The number of ether oxygens (including phenoxy) is 1. The predicted octanol–water partition coefficient (Wildman–Crippen LogP) is 4.17. The van der Waals surface area contributed by atoms with Crippen molar-refractivity contribution in [3.05, 3.63) is 80.6 Å². The first-order chi connectivity index (χ1) is 12.9. The number of aryl methyl sites for hydroxylation is 1. The van der Waals surface area contributed by atoms with Gasteiger partial charge in [0.25, 0.3) is 11.6 Å². The van der Waals surface area contributed by atoms with Gasteiger partial charge in [0.2, 0.25) is 0 Å². The highest BCUT2D eigenvalue weighted by atomic mass is 32.1. The molecule has 3 aromatic rings. The summed E-state index contributed by atoms with van der Waals surface area (Å²) < 4.78 is 10.3. The molecule has 0 bridgehead atoms. The van der Waals surface area contributed by atoms with E-state index in [0.717, 1.165) is 11.3 Å². The number of thiophene rings is 1. The molecule has 1 amide bonds. The van der Waals surface area contributed by atoms with Gasteiger partial charge in [-0.3, -0.25) is 14.9 Å². The van der Waals surface area contributed by atoms with E-state index in [1.54, 1.807) is 19.1 Å². The number of carbonyl (C=O) groups is 2. The Bertz CT molecular complexity index is 976. The molecule has 8 nitrogen and oxygen atoms in total. The van der Waals surface area contributed by atoms with E-state index in [0.29, 0.717) is 21.0 Å². The van der Waals surface area contributed by atoms with Crippen LogP contribution < -0.4 is 5.32 Å². The SMILES string of the molecule is Cc1cc(NC(=O)c2ccco2)sc1C(=O)OCc1ccc([N+](=O)[O-])cc1. The minimum Gasteiger partial charge on any atom is -0.459 e. The van der Waals surface area contributed by atoms with Crippen LogP contribution in [0.4, 0.5) is 10.7 Å². The summed E-state index contributed by atoms with van der Waals surface area (Å²) in [4.78, 5) is 34.8. The third-order valence-corrected chi connectivity index (χ3v) is 4.73. The first kappa shape index (κ1) is 18.3. The zero-order chi connectivity index (χ0) is 19.4. The normalized spacial score (nSPS) is 10.4. The van der Waals surface area contributed by atoms with Crippen molar-refractivity contribution in [2.75, 3.05) is 5.32 Å². The molecular weight excluding hydrogens is 372 g/mol. The molecule has 1 aromatic carbocycles. The smallest absolute Gasteiger partial charge is 0.348 e. The molecule has 0 aliphatic carbocycles. The van der Waals surface area contributed by atoms with E-state index in [2.05, 4.69) is 5.32 Å². The van der Waals surface area contributed by atoms with Crippen LogP contribution in [-0.4, -0.2) is 16.8 Å². The lowest BCUT2D eigenvalue weighted by Gasteiger charge is -2.04. The monoisotopic (exact) mass is 386 g/mol. The summed E-state index contributed by atoms with van der Waals surface area (Å²) in [6, 6.07) is 10.6. The quantitative estimate of drug-likeness (QED) is 0.387. The van der Waals surface area contributed by atoms with E-state index in [1.165, 1.54) is 36.6 Å². The van der Waals surface area contributed by atoms with Gasteiger partial charge >= 0.3 is 5.97 Å². The van der Waals surface area contributed by atoms with Crippen molar-refractivity contribution in [1.29, 1.82) is 0 Å². The second kappa shape index (κ2) is 7.83. The second-order valence-electron chi connectivity index (χ2n) is 5.55. The van der Waals surface area contributed by atoms with Crippen LogP contribution in [-0.2, 0) is 11.3 Å². The number of esters is 1. The predicted molar refractivity (Wildman–Crippen MR) is 97.9 cm³/mol. The average molecular weight is 386 g/mol. The Hall–Kier alpha value is -3.46.